The standard InChI is InChI=1S/C6H10N2O2S/c7-5-1-3-6(4-2-5)11(8,9)10/h1-3,6H,4,7H2,(H2,8,9,10). The predicted octanol–water partition coefficient (Wildman–Crippen LogP) is -0.554. The summed E-state index contributed by atoms with van der Waals surface area (Å²) < 4.78 is 21.5. The molecule has 1 rings (SSSR count). The summed E-state index contributed by atoms with van der Waals surface area (Å²) in [5, 5.41) is 4.30. The third-order valence-corrected chi connectivity index (χ3v) is 2.70. The van der Waals surface area contributed by atoms with E-state index in [1.54, 1.807) is 12.2 Å². The van der Waals surface area contributed by atoms with Gasteiger partial charge in [0.2, 0.25) is 10.0 Å². The Labute approximate surface area is 65.6 Å². The van der Waals surface area contributed by atoms with Gasteiger partial charge in [-0.1, -0.05) is 12.2 Å². The molecule has 0 aromatic heterocycles. The number of hydrogen-bond acceptors (Lipinski definition) is 3. The van der Waals surface area contributed by atoms with Gasteiger partial charge in [-0.2, -0.15) is 0 Å². The van der Waals surface area contributed by atoms with Crippen LogP contribution >= 0.6 is 0 Å². The van der Waals surface area contributed by atoms with Crippen molar-refractivity contribution in [1.29, 1.82) is 0 Å². The molecule has 4 N–H and O–H groups in total. The zero-order chi connectivity index (χ0) is 8.48. The monoisotopic (exact) mass is 174 g/mol. The Morgan fingerprint density at radius 3 is 2.55 bits per heavy atom. The molecule has 1 unspecified atom stereocenters. The fourth-order valence-electron chi connectivity index (χ4n) is 0.861. The average Bonchev–Trinajstić information content (AvgIpc) is 1.86. The minimum Gasteiger partial charge on any atom is -0.399 e. The van der Waals surface area contributed by atoms with E-state index in [0.717, 1.165) is 0 Å². The van der Waals surface area contributed by atoms with Crippen molar-refractivity contribution in [2.45, 2.75) is 11.7 Å². The van der Waals surface area contributed by atoms with E-state index in [1.807, 2.05) is 0 Å². The Morgan fingerprint density at radius 1 is 1.55 bits per heavy atom. The van der Waals surface area contributed by atoms with Gasteiger partial charge >= 0.3 is 0 Å². The van der Waals surface area contributed by atoms with E-state index in [9.17, 15) is 8.42 Å². The molecule has 0 radical (unpaired) electrons. The van der Waals surface area contributed by atoms with Crippen molar-refractivity contribution in [1.82, 2.24) is 0 Å². The zero-order valence-corrected chi connectivity index (χ0v) is 6.71. The lowest BCUT2D eigenvalue weighted by atomic mass is 10.1. The van der Waals surface area contributed by atoms with Gasteiger partial charge in [-0.05, 0) is 12.5 Å². The van der Waals surface area contributed by atoms with Crippen LogP contribution in [-0.2, 0) is 10.0 Å². The summed E-state index contributed by atoms with van der Waals surface area (Å²) in [5.41, 5.74) is 5.97. The highest BCUT2D eigenvalue weighted by molar-refractivity contribution is 7.89. The summed E-state index contributed by atoms with van der Waals surface area (Å²) in [5.74, 6) is 0. The maximum Gasteiger partial charge on any atom is 0.215 e. The molecule has 1 atom stereocenters. The van der Waals surface area contributed by atoms with Crippen LogP contribution in [0.3, 0.4) is 0 Å². The lowest BCUT2D eigenvalue weighted by molar-refractivity contribution is 0.589. The van der Waals surface area contributed by atoms with Crippen LogP contribution in [-0.4, -0.2) is 13.7 Å². The van der Waals surface area contributed by atoms with E-state index >= 15 is 0 Å². The zero-order valence-electron chi connectivity index (χ0n) is 5.90. The highest BCUT2D eigenvalue weighted by Gasteiger charge is 2.18. The number of hydrogen-bond donors (Lipinski definition) is 2. The fraction of sp³-hybridized carbons (Fsp3) is 0.333. The molecule has 1 aliphatic rings. The first-order valence-corrected chi connectivity index (χ1v) is 4.76. The van der Waals surface area contributed by atoms with Crippen LogP contribution in [0, 0.1) is 0 Å². The molecular weight excluding hydrogens is 164 g/mol. The van der Waals surface area contributed by atoms with Crippen LogP contribution in [0.2, 0.25) is 0 Å². The fourth-order valence-corrected chi connectivity index (χ4v) is 1.52. The molecule has 0 aliphatic heterocycles. The molecule has 0 bridgehead atoms. The van der Waals surface area contributed by atoms with Crippen LogP contribution in [0.1, 0.15) is 6.42 Å². The number of allylic oxidation sites excluding steroid dienone is 2. The summed E-state index contributed by atoms with van der Waals surface area (Å²) in [6, 6.07) is 0. The van der Waals surface area contributed by atoms with Gasteiger partial charge in [-0.15, -0.1) is 0 Å². The molecule has 5 heteroatoms. The Bertz CT molecular complexity index is 303. The minimum absolute atomic E-state index is 0.376. The molecule has 0 saturated carbocycles. The van der Waals surface area contributed by atoms with Crippen LogP contribution in [0.4, 0.5) is 0 Å². The molecule has 0 fully saturated rings. The number of nitrogens with two attached hydrogens (primary N) is 2. The van der Waals surface area contributed by atoms with Gasteiger partial charge < -0.3 is 5.73 Å². The second-order valence-corrected chi connectivity index (χ2v) is 4.21. The first kappa shape index (κ1) is 8.29. The Balaban J connectivity index is 2.79. The van der Waals surface area contributed by atoms with Crippen LogP contribution in [0.5, 0.6) is 0 Å². The number of sulfonamides is 1. The highest BCUT2D eigenvalue weighted by atomic mass is 32.2. The summed E-state index contributed by atoms with van der Waals surface area (Å²) in [6.07, 6.45) is 5.08. The molecule has 4 nitrogen and oxygen atoms in total. The van der Waals surface area contributed by atoms with Crippen molar-refractivity contribution >= 4 is 10.0 Å². The van der Waals surface area contributed by atoms with Gasteiger partial charge in [0, 0.05) is 5.70 Å². The Hall–Kier alpha value is -0.810. The van der Waals surface area contributed by atoms with Crippen LogP contribution in [0.15, 0.2) is 23.9 Å². The van der Waals surface area contributed by atoms with Crippen molar-refractivity contribution in [3.63, 3.8) is 0 Å². The van der Waals surface area contributed by atoms with E-state index in [2.05, 4.69) is 0 Å². The summed E-state index contributed by atoms with van der Waals surface area (Å²) >= 11 is 0. The molecule has 1 aliphatic carbocycles. The van der Waals surface area contributed by atoms with E-state index in [1.165, 1.54) is 6.08 Å². The van der Waals surface area contributed by atoms with Crippen molar-refractivity contribution < 1.29 is 8.42 Å². The largest absolute Gasteiger partial charge is 0.399 e. The van der Waals surface area contributed by atoms with Gasteiger partial charge in [-0.3, -0.25) is 0 Å². The first-order chi connectivity index (χ1) is 5.00. The predicted molar refractivity (Wildman–Crippen MR) is 42.9 cm³/mol. The topological polar surface area (TPSA) is 86.2 Å². The molecule has 11 heavy (non-hydrogen) atoms. The molecule has 0 heterocycles. The molecule has 0 spiro atoms. The van der Waals surface area contributed by atoms with Gasteiger partial charge in [0.15, 0.2) is 0 Å². The van der Waals surface area contributed by atoms with Crippen molar-refractivity contribution in [3.05, 3.63) is 23.9 Å². The maximum absolute atomic E-state index is 10.7. The maximum atomic E-state index is 10.7. The van der Waals surface area contributed by atoms with Crippen molar-refractivity contribution in [2.75, 3.05) is 0 Å². The Morgan fingerprint density at radius 2 is 2.18 bits per heavy atom. The van der Waals surface area contributed by atoms with Crippen LogP contribution < -0.4 is 10.9 Å². The lowest BCUT2D eigenvalue weighted by Gasteiger charge is -2.11. The molecule has 62 valence electrons. The second-order valence-electron chi connectivity index (χ2n) is 2.43. The van der Waals surface area contributed by atoms with Crippen LogP contribution in [0.25, 0.3) is 0 Å². The molecule has 0 amide bonds. The summed E-state index contributed by atoms with van der Waals surface area (Å²) in [7, 11) is -3.44. The van der Waals surface area contributed by atoms with Gasteiger partial charge in [0.1, 0.15) is 0 Å². The van der Waals surface area contributed by atoms with E-state index in [4.69, 9.17) is 10.9 Å². The Kier molecular flexibility index (Phi) is 2.01. The van der Waals surface area contributed by atoms with Crippen molar-refractivity contribution in [2.24, 2.45) is 10.9 Å². The third kappa shape index (κ3) is 2.06. The lowest BCUT2D eigenvalue weighted by Crippen LogP contribution is -2.27. The third-order valence-electron chi connectivity index (χ3n) is 1.51. The number of rotatable bonds is 1. The number of primary sulfonamides is 1. The smallest absolute Gasteiger partial charge is 0.215 e. The van der Waals surface area contributed by atoms with E-state index in [0.29, 0.717) is 12.1 Å². The van der Waals surface area contributed by atoms with Gasteiger partial charge in [-0.25, -0.2) is 13.6 Å². The summed E-state index contributed by atoms with van der Waals surface area (Å²) in [4.78, 5) is 0. The minimum atomic E-state index is -3.44. The van der Waals surface area contributed by atoms with Crippen molar-refractivity contribution in [3.8, 4) is 0 Å². The SMILES string of the molecule is NC1=CCC(S(N)(=O)=O)C=C1. The quantitative estimate of drug-likeness (QED) is 0.559. The normalized spacial score (nSPS) is 24.8. The molecule has 0 saturated heterocycles. The summed E-state index contributed by atoms with van der Waals surface area (Å²) in [6.45, 7) is 0. The molecule has 0 aromatic rings. The highest BCUT2D eigenvalue weighted by Crippen LogP contribution is 2.11. The molecule has 0 aromatic carbocycles. The second kappa shape index (κ2) is 2.67. The van der Waals surface area contributed by atoms with E-state index < -0.39 is 15.3 Å². The van der Waals surface area contributed by atoms with Gasteiger partial charge in [0.05, 0.1) is 5.25 Å². The van der Waals surface area contributed by atoms with E-state index in [-0.39, 0.29) is 0 Å². The average molecular weight is 174 g/mol. The molecular formula is C6H10N2O2S. The van der Waals surface area contributed by atoms with Gasteiger partial charge in [0.25, 0.3) is 0 Å². The first-order valence-electron chi connectivity index (χ1n) is 3.15.